The summed E-state index contributed by atoms with van der Waals surface area (Å²) in [6.07, 6.45) is 4.28. The van der Waals surface area contributed by atoms with Gasteiger partial charge in [0.15, 0.2) is 9.84 Å². The van der Waals surface area contributed by atoms with Crippen LogP contribution in [0.5, 0.6) is 0 Å². The van der Waals surface area contributed by atoms with E-state index < -0.39 is 21.2 Å². The van der Waals surface area contributed by atoms with Crippen LogP contribution in [0.25, 0.3) is 0 Å². The smallest absolute Gasteiger partial charge is 0.277 e. The predicted molar refractivity (Wildman–Crippen MR) is 100 cm³/mol. The summed E-state index contributed by atoms with van der Waals surface area (Å²) in [4.78, 5) is 25.2. The van der Waals surface area contributed by atoms with Crippen molar-refractivity contribution in [2.45, 2.75) is 18.4 Å². The number of aryl methyl sites for hydroxylation is 2. The molecule has 1 N–H and O–H groups in total. The van der Waals surface area contributed by atoms with Crippen LogP contribution in [-0.4, -0.2) is 40.0 Å². The van der Waals surface area contributed by atoms with E-state index in [9.17, 15) is 18.0 Å². The van der Waals surface area contributed by atoms with Crippen LogP contribution in [0.1, 0.15) is 27.2 Å². The molecule has 0 aliphatic rings. The third-order valence-electron chi connectivity index (χ3n) is 4.18. The van der Waals surface area contributed by atoms with Crippen LogP contribution in [-0.2, 0) is 23.4 Å². The number of ketones is 1. The van der Waals surface area contributed by atoms with E-state index in [0.717, 1.165) is 6.26 Å². The lowest BCUT2D eigenvalue weighted by Gasteiger charge is -2.13. The maximum atomic E-state index is 12.9. The van der Waals surface area contributed by atoms with Gasteiger partial charge in [-0.2, -0.15) is 5.10 Å². The number of H-pyrrole nitrogens is 1. The largest absolute Gasteiger partial charge is 0.299 e. The number of carbonyl (C=O) groups excluding carboxylic acids is 1. The second-order valence-electron chi connectivity index (χ2n) is 6.18. The first-order valence-corrected chi connectivity index (χ1v) is 10.2. The summed E-state index contributed by atoms with van der Waals surface area (Å²) in [6, 6.07) is 4.36. The number of aromatic nitrogens is 4. The number of benzene rings is 1. The summed E-state index contributed by atoms with van der Waals surface area (Å²) in [5.41, 5.74) is 0.208. The number of nitrogens with one attached hydrogen (secondary N) is 1. The van der Waals surface area contributed by atoms with Crippen LogP contribution in [0.3, 0.4) is 0 Å². The number of sulfone groups is 1. The van der Waals surface area contributed by atoms with Crippen molar-refractivity contribution in [3.05, 3.63) is 68.4 Å². The normalized spacial score (nSPS) is 11.7. The van der Waals surface area contributed by atoms with Crippen LogP contribution in [0, 0.1) is 6.92 Å². The lowest BCUT2D eigenvalue weighted by molar-refractivity contribution is 0.103. The Hall–Kier alpha value is -2.65. The fourth-order valence-electron chi connectivity index (χ4n) is 2.92. The number of aromatic amines is 1. The van der Waals surface area contributed by atoms with E-state index in [2.05, 4.69) is 10.2 Å². The van der Waals surface area contributed by atoms with Gasteiger partial charge in [0, 0.05) is 42.5 Å². The van der Waals surface area contributed by atoms with Gasteiger partial charge in [0.05, 0.1) is 16.5 Å². The van der Waals surface area contributed by atoms with Gasteiger partial charge in [0.2, 0.25) is 5.78 Å². The van der Waals surface area contributed by atoms with Gasteiger partial charge in [-0.3, -0.25) is 24.1 Å². The lowest BCUT2D eigenvalue weighted by atomic mass is 10.0. The predicted octanol–water partition coefficient (Wildman–Crippen LogP) is 1.55. The van der Waals surface area contributed by atoms with E-state index in [1.54, 1.807) is 25.4 Å². The SMILES string of the molecule is Cc1[nH]n(C)c(=O)c1C(=O)c1ccc(S(C)(=O)=O)c(Cn2cccn2)c1Cl. The molecule has 8 nitrogen and oxygen atoms in total. The van der Waals surface area contributed by atoms with E-state index in [4.69, 9.17) is 11.6 Å². The first-order chi connectivity index (χ1) is 12.6. The molecule has 0 unspecified atom stereocenters. The van der Waals surface area contributed by atoms with E-state index in [0.29, 0.717) is 5.69 Å². The Morgan fingerprint density at radius 3 is 2.56 bits per heavy atom. The molecule has 0 aliphatic heterocycles. The number of hydrogen-bond donors (Lipinski definition) is 1. The zero-order valence-electron chi connectivity index (χ0n) is 14.9. The highest BCUT2D eigenvalue weighted by molar-refractivity contribution is 7.90. The molecular weight excluding hydrogens is 392 g/mol. The summed E-state index contributed by atoms with van der Waals surface area (Å²) in [5, 5.41) is 6.81. The van der Waals surface area contributed by atoms with E-state index in [1.807, 2.05) is 0 Å². The molecule has 27 heavy (non-hydrogen) atoms. The van der Waals surface area contributed by atoms with Crippen LogP contribution in [0.4, 0.5) is 0 Å². The summed E-state index contributed by atoms with van der Waals surface area (Å²) < 4.78 is 27.0. The highest BCUT2D eigenvalue weighted by Gasteiger charge is 2.26. The van der Waals surface area contributed by atoms with Gasteiger partial charge in [0.1, 0.15) is 5.56 Å². The molecule has 0 saturated heterocycles. The molecule has 1 aromatic carbocycles. The molecule has 2 heterocycles. The van der Waals surface area contributed by atoms with Crippen molar-refractivity contribution >= 4 is 27.2 Å². The molecule has 2 aromatic heterocycles. The molecule has 10 heteroatoms. The first kappa shape index (κ1) is 19.1. The summed E-state index contributed by atoms with van der Waals surface area (Å²) in [6.45, 7) is 1.68. The third-order valence-corrected chi connectivity index (χ3v) is 5.79. The quantitative estimate of drug-likeness (QED) is 0.644. The van der Waals surface area contributed by atoms with E-state index in [1.165, 1.54) is 28.5 Å². The Kier molecular flexibility index (Phi) is 4.83. The summed E-state index contributed by atoms with van der Waals surface area (Å²) in [7, 11) is -2.08. The van der Waals surface area contributed by atoms with E-state index in [-0.39, 0.29) is 33.2 Å². The van der Waals surface area contributed by atoms with Crippen LogP contribution >= 0.6 is 11.6 Å². The average Bonchev–Trinajstić information content (AvgIpc) is 3.16. The Morgan fingerprint density at radius 1 is 1.33 bits per heavy atom. The number of halogens is 1. The van der Waals surface area contributed by atoms with Crippen molar-refractivity contribution in [3.63, 3.8) is 0 Å². The van der Waals surface area contributed by atoms with Gasteiger partial charge in [-0.1, -0.05) is 11.6 Å². The van der Waals surface area contributed by atoms with Gasteiger partial charge in [0.25, 0.3) is 5.56 Å². The monoisotopic (exact) mass is 408 g/mol. The Morgan fingerprint density at radius 2 is 2.04 bits per heavy atom. The zero-order chi connectivity index (χ0) is 19.9. The van der Waals surface area contributed by atoms with Crippen molar-refractivity contribution in [1.82, 2.24) is 19.6 Å². The van der Waals surface area contributed by atoms with E-state index >= 15 is 0 Å². The van der Waals surface area contributed by atoms with Crippen molar-refractivity contribution in [2.75, 3.05) is 6.26 Å². The highest BCUT2D eigenvalue weighted by atomic mass is 35.5. The molecule has 0 saturated carbocycles. The fourth-order valence-corrected chi connectivity index (χ4v) is 4.21. The fraction of sp³-hybridized carbons (Fsp3) is 0.235. The van der Waals surface area contributed by atoms with Crippen LogP contribution < -0.4 is 5.56 Å². The first-order valence-electron chi connectivity index (χ1n) is 7.90. The second-order valence-corrected chi connectivity index (χ2v) is 8.55. The average molecular weight is 409 g/mol. The minimum atomic E-state index is -3.59. The minimum Gasteiger partial charge on any atom is -0.299 e. The molecule has 0 spiro atoms. The molecule has 0 amide bonds. The molecule has 0 aliphatic carbocycles. The summed E-state index contributed by atoms with van der Waals surface area (Å²) in [5.74, 6) is -0.568. The number of rotatable bonds is 5. The van der Waals surface area contributed by atoms with Crippen molar-refractivity contribution < 1.29 is 13.2 Å². The number of nitrogens with zero attached hydrogens (tertiary/aromatic N) is 3. The van der Waals surface area contributed by atoms with Gasteiger partial charge in [-0.25, -0.2) is 8.42 Å². The number of hydrogen-bond acceptors (Lipinski definition) is 5. The Bertz CT molecular complexity index is 1190. The van der Waals surface area contributed by atoms with Crippen LogP contribution in [0.15, 0.2) is 40.3 Å². The zero-order valence-corrected chi connectivity index (χ0v) is 16.4. The van der Waals surface area contributed by atoms with Gasteiger partial charge >= 0.3 is 0 Å². The highest BCUT2D eigenvalue weighted by Crippen LogP contribution is 2.30. The molecule has 3 rings (SSSR count). The van der Waals surface area contributed by atoms with Gasteiger partial charge < -0.3 is 0 Å². The minimum absolute atomic E-state index is 0.0123. The molecular formula is C17H17ClN4O4S. The molecule has 0 atom stereocenters. The van der Waals surface area contributed by atoms with Crippen molar-refractivity contribution in [2.24, 2.45) is 7.05 Å². The Balaban J connectivity index is 2.20. The van der Waals surface area contributed by atoms with Crippen molar-refractivity contribution in [1.29, 1.82) is 0 Å². The summed E-state index contributed by atoms with van der Waals surface area (Å²) >= 11 is 6.45. The topological polar surface area (TPSA) is 107 Å². The molecule has 0 fully saturated rings. The molecule has 0 bridgehead atoms. The molecule has 0 radical (unpaired) electrons. The maximum Gasteiger partial charge on any atom is 0.277 e. The second kappa shape index (κ2) is 6.82. The molecule has 142 valence electrons. The number of carbonyl (C=O) groups is 1. The van der Waals surface area contributed by atoms with Crippen molar-refractivity contribution in [3.8, 4) is 0 Å². The van der Waals surface area contributed by atoms with Crippen LogP contribution in [0.2, 0.25) is 5.02 Å². The van der Waals surface area contributed by atoms with Gasteiger partial charge in [-0.05, 0) is 25.1 Å². The molecule has 3 aromatic rings. The lowest BCUT2D eigenvalue weighted by Crippen LogP contribution is -2.20. The van der Waals surface area contributed by atoms with Gasteiger partial charge in [-0.15, -0.1) is 0 Å². The Labute approximate surface area is 160 Å². The standard InChI is InChI=1S/C17H17ClN4O4S/c1-10-14(17(24)21(2)20-10)16(23)11-5-6-13(27(3,25)26)12(15(11)18)9-22-8-4-7-19-22/h4-8,20H,9H2,1-3H3. The third kappa shape index (κ3) is 3.47. The maximum absolute atomic E-state index is 12.9.